The lowest BCUT2D eigenvalue weighted by Crippen LogP contribution is -2.70. The van der Waals surface area contributed by atoms with Gasteiger partial charge in [-0.05, 0) is 17.3 Å². The third-order valence-electron chi connectivity index (χ3n) is 5.52. The number of aliphatic carboxylic acids is 1. The summed E-state index contributed by atoms with van der Waals surface area (Å²) in [5.74, 6) is -1.30. The van der Waals surface area contributed by atoms with Crippen LogP contribution in [0.3, 0.4) is 0 Å². The van der Waals surface area contributed by atoms with Crippen LogP contribution in [0.1, 0.15) is 17.4 Å². The molecular formula is C21H22ClN9O5S4. The predicted molar refractivity (Wildman–Crippen MR) is 157 cm³/mol. The lowest BCUT2D eigenvalue weighted by atomic mass is 10.0. The molecule has 19 heteroatoms. The number of nitrogens with two attached hydrogens (primary N) is 3. The second-order valence-corrected chi connectivity index (χ2v) is 13.1. The number of carbonyl (C=O) groups excluding carboxylic acids is 2. The van der Waals surface area contributed by atoms with Crippen molar-refractivity contribution in [1.29, 1.82) is 0 Å². The normalized spacial score (nSPS) is 18.9. The first-order valence-electron chi connectivity index (χ1n) is 11.3. The van der Waals surface area contributed by atoms with Gasteiger partial charge in [0.15, 0.2) is 11.1 Å². The number of guanidine groups is 1. The van der Waals surface area contributed by atoms with E-state index in [4.69, 9.17) is 28.8 Å². The minimum atomic E-state index is -1.61. The smallest absolute Gasteiger partial charge is 0.353 e. The van der Waals surface area contributed by atoms with Crippen molar-refractivity contribution in [3.63, 3.8) is 0 Å². The number of nitrogens with one attached hydrogen (secondary N) is 1. The molecule has 2 amide bonds. The van der Waals surface area contributed by atoms with Crippen LogP contribution in [0.15, 0.2) is 44.0 Å². The van der Waals surface area contributed by atoms with Crippen molar-refractivity contribution in [1.82, 2.24) is 20.2 Å². The van der Waals surface area contributed by atoms with Crippen LogP contribution in [0.25, 0.3) is 0 Å². The van der Waals surface area contributed by atoms with Crippen LogP contribution in [0.4, 0.5) is 5.13 Å². The quantitative estimate of drug-likeness (QED) is 0.0727. The summed E-state index contributed by atoms with van der Waals surface area (Å²) in [5.41, 5.74) is 16.7. The van der Waals surface area contributed by atoms with E-state index in [1.807, 2.05) is 6.07 Å². The Labute approximate surface area is 248 Å². The van der Waals surface area contributed by atoms with E-state index in [0.29, 0.717) is 23.0 Å². The fourth-order valence-electron chi connectivity index (χ4n) is 3.79. The molecule has 0 bridgehead atoms. The van der Waals surface area contributed by atoms with Gasteiger partial charge in [-0.15, -0.1) is 16.7 Å². The van der Waals surface area contributed by atoms with Gasteiger partial charge in [0.1, 0.15) is 27.1 Å². The summed E-state index contributed by atoms with van der Waals surface area (Å²) >= 11 is 11.0. The molecule has 14 nitrogen and oxygen atoms in total. The van der Waals surface area contributed by atoms with Crippen LogP contribution < -0.4 is 22.5 Å². The van der Waals surface area contributed by atoms with Gasteiger partial charge >= 0.3 is 5.97 Å². The largest absolute Gasteiger partial charge is 0.477 e. The summed E-state index contributed by atoms with van der Waals surface area (Å²) in [7, 11) is 0. The van der Waals surface area contributed by atoms with Crippen molar-refractivity contribution in [2.75, 3.05) is 23.8 Å². The highest BCUT2D eigenvalue weighted by Gasteiger charge is 2.55. The number of nitroso groups, excluding NO2 is 1. The number of hydrogen-bond donors (Lipinski definition) is 5. The molecule has 0 spiro atoms. The molecule has 0 aromatic carbocycles. The molecule has 212 valence electrons. The number of carbonyl (C=O) groups is 3. The maximum atomic E-state index is 13.1. The van der Waals surface area contributed by atoms with Gasteiger partial charge < -0.3 is 27.6 Å². The molecule has 40 heavy (non-hydrogen) atoms. The highest BCUT2D eigenvalue weighted by atomic mass is 35.5. The zero-order valence-corrected chi connectivity index (χ0v) is 24.4. The Hall–Kier alpha value is -3.06. The number of amides is 2. The standard InChI is InChI=1S/C21H22ClN9O5S4/c22-15-11(29-21(25)40-15)12(30-36)16(32)28-13-17(33)31-14(19(34)35)10(7-38-18(13)31)39-9-2-1-3-26-8(9)6-37-5-4-27-20(23)24/h1-3,12-13,18H,4-7H2,(H2,25,29)(H,28,32)(H,34,35)(H4,23,24,27). The zero-order chi connectivity index (χ0) is 29.0. The average molecular weight is 644 g/mol. The molecule has 3 unspecified atom stereocenters. The molecule has 4 rings (SSSR count). The monoisotopic (exact) mass is 643 g/mol. The van der Waals surface area contributed by atoms with E-state index >= 15 is 0 Å². The number of nitrogens with zero attached hydrogens (tertiary/aromatic N) is 5. The number of thioether (sulfide) groups is 3. The fraction of sp³-hybridized carbons (Fsp3) is 0.333. The number of β-lactam (4-membered cyclic amide) rings is 1. The van der Waals surface area contributed by atoms with Crippen molar-refractivity contribution < 1.29 is 19.5 Å². The van der Waals surface area contributed by atoms with Crippen molar-refractivity contribution in [2.24, 2.45) is 21.6 Å². The number of pyridine rings is 1. The van der Waals surface area contributed by atoms with Crippen molar-refractivity contribution in [3.8, 4) is 0 Å². The van der Waals surface area contributed by atoms with Gasteiger partial charge in [0, 0.05) is 33.3 Å². The molecule has 1 saturated heterocycles. The van der Waals surface area contributed by atoms with Gasteiger partial charge in [0.2, 0.25) is 6.04 Å². The molecule has 2 aliphatic rings. The van der Waals surface area contributed by atoms with Crippen LogP contribution >= 0.6 is 58.2 Å². The molecule has 8 N–H and O–H groups in total. The number of rotatable bonds is 12. The van der Waals surface area contributed by atoms with E-state index in [1.54, 1.807) is 24.0 Å². The van der Waals surface area contributed by atoms with Crippen molar-refractivity contribution in [2.45, 2.75) is 28.1 Å². The Morgan fingerprint density at radius 2 is 2.15 bits per heavy atom. The number of anilines is 1. The van der Waals surface area contributed by atoms with Gasteiger partial charge in [0.05, 0.1) is 12.2 Å². The number of aromatic nitrogens is 2. The van der Waals surface area contributed by atoms with Crippen LogP contribution in [0.5, 0.6) is 0 Å². The third-order valence-corrected chi connectivity index (χ3v) is 10.2. The molecule has 2 aromatic rings. The predicted octanol–water partition coefficient (Wildman–Crippen LogP) is 1.58. The van der Waals surface area contributed by atoms with E-state index in [1.165, 1.54) is 23.5 Å². The van der Waals surface area contributed by atoms with E-state index < -0.39 is 35.2 Å². The van der Waals surface area contributed by atoms with Crippen molar-refractivity contribution in [3.05, 3.63) is 49.6 Å². The Bertz CT molecular complexity index is 1400. The van der Waals surface area contributed by atoms with E-state index in [2.05, 4.69) is 25.5 Å². The van der Waals surface area contributed by atoms with Crippen LogP contribution in [0.2, 0.25) is 4.34 Å². The fourth-order valence-corrected chi connectivity index (χ4v) is 8.21. The number of carboxylic acid groups (broad SMARTS) is 1. The summed E-state index contributed by atoms with van der Waals surface area (Å²) < 4.78 is 0.0329. The number of hydrogen-bond acceptors (Lipinski definition) is 13. The maximum absolute atomic E-state index is 13.1. The summed E-state index contributed by atoms with van der Waals surface area (Å²) in [6.45, 7) is 0.456. The highest BCUT2D eigenvalue weighted by Crippen LogP contribution is 2.46. The molecular weight excluding hydrogens is 622 g/mol. The first-order chi connectivity index (χ1) is 19.1. The Morgan fingerprint density at radius 1 is 1.38 bits per heavy atom. The molecule has 0 aliphatic carbocycles. The van der Waals surface area contributed by atoms with Gasteiger partial charge in [-0.3, -0.25) is 24.5 Å². The molecule has 1 fully saturated rings. The number of thiazole rings is 1. The lowest BCUT2D eigenvalue weighted by molar-refractivity contribution is -0.150. The van der Waals surface area contributed by atoms with Crippen LogP contribution in [-0.2, 0) is 20.1 Å². The minimum Gasteiger partial charge on any atom is -0.477 e. The van der Waals surface area contributed by atoms with E-state index in [9.17, 15) is 24.4 Å². The average Bonchev–Trinajstić information content (AvgIpc) is 3.24. The highest BCUT2D eigenvalue weighted by molar-refractivity contribution is 8.06. The van der Waals surface area contributed by atoms with Crippen molar-refractivity contribution >= 4 is 87.1 Å². The summed E-state index contributed by atoms with van der Waals surface area (Å²) in [5, 5.41) is 14.7. The Morgan fingerprint density at radius 3 is 2.80 bits per heavy atom. The maximum Gasteiger partial charge on any atom is 0.353 e. The lowest BCUT2D eigenvalue weighted by Gasteiger charge is -2.49. The first kappa shape index (κ1) is 29.9. The molecule has 3 atom stereocenters. The molecule has 2 aromatic heterocycles. The van der Waals surface area contributed by atoms with E-state index in [-0.39, 0.29) is 32.6 Å². The molecule has 0 saturated carbocycles. The second kappa shape index (κ2) is 13.1. The number of halogens is 1. The summed E-state index contributed by atoms with van der Waals surface area (Å²) in [6.07, 6.45) is 1.65. The number of fused-ring (bicyclic) bond motifs is 1. The third kappa shape index (κ3) is 6.46. The first-order valence-corrected chi connectivity index (χ1v) is 15.5. The van der Waals surface area contributed by atoms with Gasteiger partial charge in [-0.2, -0.15) is 11.8 Å². The second-order valence-electron chi connectivity index (χ2n) is 8.10. The Balaban J connectivity index is 1.47. The number of carboxylic acids is 1. The number of aliphatic imine (C=N–C) groups is 1. The van der Waals surface area contributed by atoms with Crippen LogP contribution in [-0.4, -0.2) is 73.2 Å². The SMILES string of the molecule is NC(N)=NCCSCc1ncccc1SC1=C(C(=O)O)N2C(=O)C(NC(=O)C(N=O)c3nc(N)sc3Cl)C2SC1. The molecule has 2 aliphatic heterocycles. The minimum absolute atomic E-state index is 0.0209. The topological polar surface area (TPSA) is 232 Å². The van der Waals surface area contributed by atoms with Gasteiger partial charge in [0.25, 0.3) is 11.8 Å². The summed E-state index contributed by atoms with van der Waals surface area (Å²) in [4.78, 5) is 64.1. The zero-order valence-electron chi connectivity index (χ0n) is 20.4. The van der Waals surface area contributed by atoms with E-state index in [0.717, 1.165) is 26.8 Å². The number of nitrogen functional groups attached to an aromatic ring is 1. The van der Waals surface area contributed by atoms with Crippen LogP contribution in [0, 0.1) is 4.91 Å². The molecule has 0 radical (unpaired) electrons. The van der Waals surface area contributed by atoms with Gasteiger partial charge in [-0.25, -0.2) is 9.78 Å². The molecule has 4 heterocycles. The summed E-state index contributed by atoms with van der Waals surface area (Å²) in [6, 6.07) is 0.901. The van der Waals surface area contributed by atoms with Gasteiger partial charge in [-0.1, -0.05) is 34.7 Å². The Kier molecular flexibility index (Phi) is 9.77.